The number of anilines is 1. The Kier molecular flexibility index (Phi) is 4.83. The van der Waals surface area contributed by atoms with Crippen LogP contribution >= 0.6 is 0 Å². The monoisotopic (exact) mass is 292 g/mol. The van der Waals surface area contributed by atoms with Gasteiger partial charge in [-0.1, -0.05) is 26.7 Å². The highest BCUT2D eigenvalue weighted by atomic mass is 16.4. The maximum Gasteiger partial charge on any atom is 0.335 e. The van der Waals surface area contributed by atoms with Gasteiger partial charge in [0.15, 0.2) is 0 Å². The maximum atomic E-state index is 11.2. The molecule has 0 aliphatic heterocycles. The Labute approximate surface area is 125 Å². The van der Waals surface area contributed by atoms with Gasteiger partial charge in [0.05, 0.1) is 17.7 Å². The van der Waals surface area contributed by atoms with Crippen LogP contribution in [0.15, 0.2) is 12.1 Å². The van der Waals surface area contributed by atoms with Gasteiger partial charge in [-0.05, 0) is 37.3 Å². The zero-order chi connectivity index (χ0) is 15.5. The summed E-state index contributed by atoms with van der Waals surface area (Å²) in [6.45, 7) is 4.17. The first kappa shape index (κ1) is 15.8. The summed E-state index contributed by atoms with van der Waals surface area (Å²) in [7, 11) is 0. The van der Waals surface area contributed by atoms with Gasteiger partial charge < -0.3 is 15.5 Å². The number of aromatic nitrogens is 1. The summed E-state index contributed by atoms with van der Waals surface area (Å²) in [6, 6.07) is 3.15. The molecule has 3 N–H and O–H groups in total. The Balaban J connectivity index is 2.28. The van der Waals surface area contributed by atoms with Gasteiger partial charge in [-0.2, -0.15) is 0 Å². The smallest absolute Gasteiger partial charge is 0.335 e. The molecule has 1 fully saturated rings. The average molecular weight is 292 g/mol. The van der Waals surface area contributed by atoms with Crippen molar-refractivity contribution in [3.63, 3.8) is 0 Å². The molecule has 0 bridgehead atoms. The average Bonchev–Trinajstić information content (AvgIpc) is 2.46. The number of hydrogen-bond acceptors (Lipinski definition) is 4. The molecule has 21 heavy (non-hydrogen) atoms. The van der Waals surface area contributed by atoms with Crippen molar-refractivity contribution in [1.29, 1.82) is 0 Å². The van der Waals surface area contributed by atoms with Gasteiger partial charge in [0.25, 0.3) is 0 Å². The third kappa shape index (κ3) is 3.73. The summed E-state index contributed by atoms with van der Waals surface area (Å²) in [5.41, 5.74) is 0.600. The SMILES string of the molecule is CCc1cc(C(=O)O)cc(NC2(CO)CCCC(C)C2)n1. The minimum absolute atomic E-state index is 0.0395. The molecule has 5 nitrogen and oxygen atoms in total. The summed E-state index contributed by atoms with van der Waals surface area (Å²) in [6.07, 6.45) is 4.68. The summed E-state index contributed by atoms with van der Waals surface area (Å²) in [5.74, 6) is 0.145. The summed E-state index contributed by atoms with van der Waals surface area (Å²) in [5, 5.41) is 22.3. The fraction of sp³-hybridized carbons (Fsp3) is 0.625. The third-order valence-electron chi connectivity index (χ3n) is 4.27. The van der Waals surface area contributed by atoms with Crippen LogP contribution in [0.4, 0.5) is 5.82 Å². The number of hydrogen-bond donors (Lipinski definition) is 3. The Morgan fingerprint density at radius 1 is 1.52 bits per heavy atom. The highest BCUT2D eigenvalue weighted by Crippen LogP contribution is 2.34. The fourth-order valence-corrected chi connectivity index (χ4v) is 3.18. The third-order valence-corrected chi connectivity index (χ3v) is 4.27. The molecule has 1 aromatic rings. The van der Waals surface area contributed by atoms with Crippen LogP contribution in [0.1, 0.15) is 55.6 Å². The highest BCUT2D eigenvalue weighted by molar-refractivity contribution is 5.88. The second-order valence-corrected chi connectivity index (χ2v) is 6.16. The van der Waals surface area contributed by atoms with Crippen molar-refractivity contribution in [2.24, 2.45) is 5.92 Å². The molecule has 1 aromatic heterocycles. The zero-order valence-corrected chi connectivity index (χ0v) is 12.7. The molecular weight excluding hydrogens is 268 g/mol. The molecule has 0 saturated heterocycles. The first-order valence-electron chi connectivity index (χ1n) is 7.61. The highest BCUT2D eigenvalue weighted by Gasteiger charge is 2.34. The van der Waals surface area contributed by atoms with Gasteiger partial charge in [-0.25, -0.2) is 9.78 Å². The van der Waals surface area contributed by atoms with Crippen molar-refractivity contribution in [2.45, 2.75) is 51.5 Å². The second-order valence-electron chi connectivity index (χ2n) is 6.16. The quantitative estimate of drug-likeness (QED) is 0.777. The minimum atomic E-state index is -0.954. The van der Waals surface area contributed by atoms with E-state index in [1.54, 1.807) is 12.1 Å². The van der Waals surface area contributed by atoms with Gasteiger partial charge in [0.1, 0.15) is 5.82 Å². The molecule has 0 aromatic carbocycles. The lowest BCUT2D eigenvalue weighted by Crippen LogP contribution is -2.46. The van der Waals surface area contributed by atoms with Crippen molar-refractivity contribution in [3.8, 4) is 0 Å². The summed E-state index contributed by atoms with van der Waals surface area (Å²) < 4.78 is 0. The zero-order valence-electron chi connectivity index (χ0n) is 12.7. The van der Waals surface area contributed by atoms with E-state index in [4.69, 9.17) is 0 Å². The Hall–Kier alpha value is -1.62. The summed E-state index contributed by atoms with van der Waals surface area (Å²) >= 11 is 0. The number of aliphatic hydroxyl groups excluding tert-OH is 1. The number of aliphatic hydroxyl groups is 1. The molecule has 1 aliphatic rings. The molecule has 0 spiro atoms. The molecule has 0 radical (unpaired) electrons. The second kappa shape index (κ2) is 6.43. The Morgan fingerprint density at radius 3 is 2.86 bits per heavy atom. The number of carboxylic acid groups (broad SMARTS) is 1. The first-order chi connectivity index (χ1) is 9.98. The van der Waals surface area contributed by atoms with Crippen molar-refractivity contribution in [2.75, 3.05) is 11.9 Å². The van der Waals surface area contributed by atoms with E-state index in [1.165, 1.54) is 6.42 Å². The molecule has 2 rings (SSSR count). The molecule has 1 heterocycles. The van der Waals surface area contributed by atoms with E-state index in [9.17, 15) is 15.0 Å². The van der Waals surface area contributed by atoms with Crippen LogP contribution in [0.2, 0.25) is 0 Å². The first-order valence-corrected chi connectivity index (χ1v) is 7.61. The maximum absolute atomic E-state index is 11.2. The largest absolute Gasteiger partial charge is 0.478 e. The normalized spacial score (nSPS) is 25.6. The Morgan fingerprint density at radius 2 is 2.29 bits per heavy atom. The molecule has 1 aliphatic carbocycles. The number of carbonyl (C=O) groups is 1. The van der Waals surface area contributed by atoms with Crippen molar-refractivity contribution in [3.05, 3.63) is 23.4 Å². The number of carboxylic acids is 1. The van der Waals surface area contributed by atoms with E-state index >= 15 is 0 Å². The fourth-order valence-electron chi connectivity index (χ4n) is 3.18. The van der Waals surface area contributed by atoms with E-state index in [0.29, 0.717) is 18.2 Å². The summed E-state index contributed by atoms with van der Waals surface area (Å²) in [4.78, 5) is 15.7. The van der Waals surface area contributed by atoms with Crippen LogP contribution in [-0.4, -0.2) is 33.3 Å². The molecule has 1 saturated carbocycles. The van der Waals surface area contributed by atoms with Gasteiger partial charge in [-0.3, -0.25) is 0 Å². The van der Waals surface area contributed by atoms with E-state index < -0.39 is 5.97 Å². The van der Waals surface area contributed by atoms with Gasteiger partial charge in [-0.15, -0.1) is 0 Å². The molecule has 2 unspecified atom stereocenters. The van der Waals surface area contributed by atoms with Gasteiger partial charge >= 0.3 is 5.97 Å². The minimum Gasteiger partial charge on any atom is -0.478 e. The van der Waals surface area contributed by atoms with E-state index in [2.05, 4.69) is 17.2 Å². The van der Waals surface area contributed by atoms with Crippen LogP contribution < -0.4 is 5.32 Å². The number of rotatable bonds is 5. The van der Waals surface area contributed by atoms with Crippen LogP contribution in [-0.2, 0) is 6.42 Å². The molecule has 0 amide bonds. The number of nitrogens with zero attached hydrogens (tertiary/aromatic N) is 1. The van der Waals surface area contributed by atoms with Crippen LogP contribution in [0, 0.1) is 5.92 Å². The number of nitrogens with one attached hydrogen (secondary N) is 1. The predicted molar refractivity (Wildman–Crippen MR) is 81.6 cm³/mol. The van der Waals surface area contributed by atoms with Crippen LogP contribution in [0.25, 0.3) is 0 Å². The number of aromatic carboxylic acids is 1. The van der Waals surface area contributed by atoms with E-state index in [1.807, 2.05) is 6.92 Å². The van der Waals surface area contributed by atoms with Gasteiger partial charge in [0.2, 0.25) is 0 Å². The molecular formula is C16H24N2O3. The molecule has 116 valence electrons. The Bertz CT molecular complexity index is 518. The predicted octanol–water partition coefficient (Wildman–Crippen LogP) is 2.70. The van der Waals surface area contributed by atoms with Crippen molar-refractivity contribution >= 4 is 11.8 Å². The molecule has 5 heteroatoms. The number of pyridine rings is 1. The topological polar surface area (TPSA) is 82.5 Å². The van der Waals surface area contributed by atoms with Crippen molar-refractivity contribution in [1.82, 2.24) is 4.98 Å². The van der Waals surface area contributed by atoms with Crippen molar-refractivity contribution < 1.29 is 15.0 Å². The standard InChI is InChI=1S/C16H24N2O3/c1-3-13-7-12(15(20)21)8-14(17-13)18-16(10-19)6-4-5-11(2)9-16/h7-8,11,19H,3-6,9-10H2,1-2H3,(H,17,18)(H,20,21). The lowest BCUT2D eigenvalue weighted by Gasteiger charge is -2.40. The van der Waals surface area contributed by atoms with E-state index in [-0.39, 0.29) is 17.7 Å². The van der Waals surface area contributed by atoms with Crippen LogP contribution in [0.5, 0.6) is 0 Å². The lowest BCUT2D eigenvalue weighted by atomic mass is 9.77. The number of aryl methyl sites for hydroxylation is 1. The van der Waals surface area contributed by atoms with E-state index in [0.717, 1.165) is 25.0 Å². The van der Waals surface area contributed by atoms with Crippen LogP contribution in [0.3, 0.4) is 0 Å². The van der Waals surface area contributed by atoms with Gasteiger partial charge in [0, 0.05) is 5.69 Å². The molecule has 2 atom stereocenters. The lowest BCUT2D eigenvalue weighted by molar-refractivity contribution is 0.0696.